The number of benzene rings is 1. The van der Waals surface area contributed by atoms with Crippen molar-refractivity contribution < 1.29 is 9.53 Å². The molecule has 0 aliphatic carbocycles. The van der Waals surface area contributed by atoms with Crippen LogP contribution >= 0.6 is 11.8 Å². The van der Waals surface area contributed by atoms with Crippen LogP contribution in [0, 0.1) is 0 Å². The summed E-state index contributed by atoms with van der Waals surface area (Å²) >= 11 is 1.94. The quantitative estimate of drug-likeness (QED) is 0.841. The Kier molecular flexibility index (Phi) is 4.47. The summed E-state index contributed by atoms with van der Waals surface area (Å²) in [6, 6.07) is 10.6. The summed E-state index contributed by atoms with van der Waals surface area (Å²) < 4.78 is 7.48. The Morgan fingerprint density at radius 1 is 1.21 bits per heavy atom. The lowest BCUT2D eigenvalue weighted by molar-refractivity contribution is 0.0759. The summed E-state index contributed by atoms with van der Waals surface area (Å²) in [6.45, 7) is 3.04. The Hall–Kier alpha value is -1.95. The molecule has 1 fully saturated rings. The van der Waals surface area contributed by atoms with Gasteiger partial charge in [-0.1, -0.05) is 30.3 Å². The van der Waals surface area contributed by atoms with Gasteiger partial charge in [0.2, 0.25) is 5.88 Å². The molecule has 6 heteroatoms. The van der Waals surface area contributed by atoms with Crippen LogP contribution in [0.15, 0.2) is 36.5 Å². The van der Waals surface area contributed by atoms with Gasteiger partial charge in [-0.3, -0.25) is 4.79 Å². The second kappa shape index (κ2) is 6.89. The first kappa shape index (κ1) is 15.6. The number of hydrogen-bond donors (Lipinski definition) is 0. The number of ether oxygens (including phenoxy) is 1. The average Bonchev–Trinajstić information content (AvgIpc) is 2.91. The van der Waals surface area contributed by atoms with E-state index in [1.165, 1.54) is 5.56 Å². The Morgan fingerprint density at radius 3 is 2.96 bits per heavy atom. The molecule has 5 nitrogen and oxygen atoms in total. The van der Waals surface area contributed by atoms with Crippen LogP contribution in [0.25, 0.3) is 0 Å². The van der Waals surface area contributed by atoms with Gasteiger partial charge in [0.05, 0.1) is 12.8 Å². The fourth-order valence-corrected chi connectivity index (χ4v) is 4.52. The highest BCUT2D eigenvalue weighted by molar-refractivity contribution is 7.99. The van der Waals surface area contributed by atoms with E-state index in [2.05, 4.69) is 29.4 Å². The van der Waals surface area contributed by atoms with Crippen LogP contribution in [0.4, 0.5) is 0 Å². The predicted molar refractivity (Wildman–Crippen MR) is 94.5 cm³/mol. The lowest BCUT2D eigenvalue weighted by atomic mass is 10.1. The number of nitrogens with zero attached hydrogens (tertiary/aromatic N) is 3. The van der Waals surface area contributed by atoms with E-state index in [1.807, 2.05) is 22.7 Å². The number of aryl methyl sites for hydroxylation is 1. The highest BCUT2D eigenvalue weighted by Crippen LogP contribution is 2.35. The molecule has 1 aromatic heterocycles. The number of aromatic nitrogens is 2. The van der Waals surface area contributed by atoms with Crippen molar-refractivity contribution in [3.05, 3.63) is 47.7 Å². The number of hydrogen-bond acceptors (Lipinski definition) is 4. The Bertz CT molecular complexity index is 716. The molecule has 1 aromatic carbocycles. The van der Waals surface area contributed by atoms with E-state index in [4.69, 9.17) is 4.74 Å². The number of carbonyl (C=O) groups excluding carboxylic acids is 1. The van der Waals surface area contributed by atoms with E-state index in [0.29, 0.717) is 23.3 Å². The van der Waals surface area contributed by atoms with Crippen LogP contribution in [0.2, 0.25) is 0 Å². The van der Waals surface area contributed by atoms with E-state index >= 15 is 0 Å². The van der Waals surface area contributed by atoms with Gasteiger partial charge in [0.25, 0.3) is 5.91 Å². The Balaban J connectivity index is 1.47. The topological polar surface area (TPSA) is 47.4 Å². The van der Waals surface area contributed by atoms with E-state index < -0.39 is 0 Å². The molecule has 0 N–H and O–H groups in total. The zero-order valence-corrected chi connectivity index (χ0v) is 14.4. The van der Waals surface area contributed by atoms with Gasteiger partial charge in [0.1, 0.15) is 5.56 Å². The van der Waals surface area contributed by atoms with Crippen LogP contribution in [0.5, 0.6) is 5.88 Å². The van der Waals surface area contributed by atoms with Crippen molar-refractivity contribution in [2.75, 3.05) is 25.4 Å². The molecule has 24 heavy (non-hydrogen) atoms. The lowest BCUT2D eigenvalue weighted by Crippen LogP contribution is -2.33. The third-order valence-electron chi connectivity index (χ3n) is 4.57. The predicted octanol–water partition coefficient (Wildman–Crippen LogP) is 2.99. The normalized spacial score (nSPS) is 20.8. The highest BCUT2D eigenvalue weighted by atomic mass is 32.2. The first-order chi connectivity index (χ1) is 11.8. The van der Waals surface area contributed by atoms with Crippen molar-refractivity contribution in [2.24, 2.45) is 0 Å². The molecular formula is C18H21N3O2S. The standard InChI is InChI=1S/C18H21N3O2S/c22-17(15-13-19-21-8-4-11-23-18(15)21)20-9-7-16(24-12-10-20)14-5-2-1-3-6-14/h1-3,5-6,13,16H,4,7-12H2. The molecule has 3 heterocycles. The molecule has 0 saturated carbocycles. The van der Waals surface area contributed by atoms with Gasteiger partial charge in [0, 0.05) is 37.1 Å². The van der Waals surface area contributed by atoms with Gasteiger partial charge in [-0.25, -0.2) is 4.68 Å². The summed E-state index contributed by atoms with van der Waals surface area (Å²) in [5.41, 5.74) is 1.96. The number of amides is 1. The maximum absolute atomic E-state index is 12.9. The van der Waals surface area contributed by atoms with Crippen LogP contribution in [0.3, 0.4) is 0 Å². The third kappa shape index (κ3) is 3.02. The minimum atomic E-state index is 0.0486. The zero-order chi connectivity index (χ0) is 16.4. The minimum Gasteiger partial charge on any atom is -0.477 e. The summed E-state index contributed by atoms with van der Waals surface area (Å²) in [6.07, 6.45) is 3.59. The maximum Gasteiger partial charge on any atom is 0.261 e. The third-order valence-corrected chi connectivity index (χ3v) is 5.90. The number of thioether (sulfide) groups is 1. The summed E-state index contributed by atoms with van der Waals surface area (Å²) in [4.78, 5) is 14.9. The van der Waals surface area contributed by atoms with Gasteiger partial charge >= 0.3 is 0 Å². The Labute approximate surface area is 146 Å². The molecule has 2 aliphatic heterocycles. The first-order valence-electron chi connectivity index (χ1n) is 8.47. The van der Waals surface area contributed by atoms with Crippen molar-refractivity contribution >= 4 is 17.7 Å². The van der Waals surface area contributed by atoms with Gasteiger partial charge in [0.15, 0.2) is 0 Å². The molecule has 0 radical (unpaired) electrons. The maximum atomic E-state index is 12.9. The smallest absolute Gasteiger partial charge is 0.261 e. The molecule has 1 amide bonds. The summed E-state index contributed by atoms with van der Waals surface area (Å²) in [7, 11) is 0. The fraction of sp³-hybridized carbons (Fsp3) is 0.444. The molecule has 0 bridgehead atoms. The van der Waals surface area contributed by atoms with Crippen LogP contribution in [0.1, 0.15) is 34.0 Å². The zero-order valence-electron chi connectivity index (χ0n) is 13.6. The van der Waals surface area contributed by atoms with Crippen LogP contribution in [-0.4, -0.2) is 46.0 Å². The van der Waals surface area contributed by atoms with E-state index in [9.17, 15) is 4.79 Å². The lowest BCUT2D eigenvalue weighted by Gasteiger charge is -2.21. The van der Waals surface area contributed by atoms with Crippen LogP contribution < -0.4 is 4.74 Å². The molecule has 2 aromatic rings. The molecular weight excluding hydrogens is 322 g/mol. The molecule has 4 rings (SSSR count). The molecule has 1 atom stereocenters. The highest BCUT2D eigenvalue weighted by Gasteiger charge is 2.28. The number of carbonyl (C=O) groups is 1. The van der Waals surface area contributed by atoms with Crippen molar-refractivity contribution in [1.29, 1.82) is 0 Å². The van der Waals surface area contributed by atoms with Gasteiger partial charge in [-0.2, -0.15) is 16.9 Å². The molecule has 2 aliphatic rings. The van der Waals surface area contributed by atoms with Gasteiger partial charge < -0.3 is 9.64 Å². The SMILES string of the molecule is O=C(c1cnn2c1OCCC2)N1CCSC(c2ccccc2)CC1. The van der Waals surface area contributed by atoms with Crippen molar-refractivity contribution in [3.8, 4) is 5.88 Å². The average molecular weight is 343 g/mol. The molecule has 126 valence electrons. The largest absolute Gasteiger partial charge is 0.477 e. The van der Waals surface area contributed by atoms with E-state index in [0.717, 1.165) is 38.2 Å². The first-order valence-corrected chi connectivity index (χ1v) is 9.52. The van der Waals surface area contributed by atoms with Crippen LogP contribution in [-0.2, 0) is 6.54 Å². The van der Waals surface area contributed by atoms with E-state index in [-0.39, 0.29) is 5.91 Å². The molecule has 1 saturated heterocycles. The number of fused-ring (bicyclic) bond motifs is 1. The second-order valence-electron chi connectivity index (χ2n) is 6.14. The molecule has 1 unspecified atom stereocenters. The summed E-state index contributed by atoms with van der Waals surface area (Å²) in [5.74, 6) is 1.64. The summed E-state index contributed by atoms with van der Waals surface area (Å²) in [5, 5.41) is 4.76. The monoisotopic (exact) mass is 343 g/mol. The van der Waals surface area contributed by atoms with Crippen molar-refractivity contribution in [1.82, 2.24) is 14.7 Å². The van der Waals surface area contributed by atoms with E-state index in [1.54, 1.807) is 10.9 Å². The minimum absolute atomic E-state index is 0.0486. The number of rotatable bonds is 2. The van der Waals surface area contributed by atoms with Crippen molar-refractivity contribution in [2.45, 2.75) is 24.6 Å². The van der Waals surface area contributed by atoms with Gasteiger partial charge in [-0.15, -0.1) is 0 Å². The fourth-order valence-electron chi connectivity index (χ4n) is 3.29. The Morgan fingerprint density at radius 2 is 2.08 bits per heavy atom. The van der Waals surface area contributed by atoms with Gasteiger partial charge in [-0.05, 0) is 12.0 Å². The molecule has 0 spiro atoms. The van der Waals surface area contributed by atoms with Crippen molar-refractivity contribution in [3.63, 3.8) is 0 Å². The second-order valence-corrected chi connectivity index (χ2v) is 7.45.